The van der Waals surface area contributed by atoms with Gasteiger partial charge in [-0.25, -0.2) is 14.4 Å². The number of hydrogen-bond acceptors (Lipinski definition) is 5. The molecular formula is C26H30FN5O. The third-order valence-electron chi connectivity index (χ3n) is 6.04. The minimum Gasteiger partial charge on any atom is -0.375 e. The zero-order chi connectivity index (χ0) is 23.0. The Morgan fingerprint density at radius 3 is 2.67 bits per heavy atom. The Labute approximate surface area is 194 Å². The quantitative estimate of drug-likeness (QED) is 0.526. The summed E-state index contributed by atoms with van der Waals surface area (Å²) >= 11 is 0. The lowest BCUT2D eigenvalue weighted by Gasteiger charge is -2.32. The van der Waals surface area contributed by atoms with Crippen LogP contribution in [0.1, 0.15) is 19.3 Å². The Morgan fingerprint density at radius 1 is 1.12 bits per heavy atom. The van der Waals surface area contributed by atoms with E-state index in [1.54, 1.807) is 18.5 Å². The van der Waals surface area contributed by atoms with Crippen LogP contribution in [-0.2, 0) is 4.79 Å². The molecule has 1 amide bonds. The average Bonchev–Trinajstić information content (AvgIpc) is 2.87. The van der Waals surface area contributed by atoms with Gasteiger partial charge in [-0.15, -0.1) is 0 Å². The van der Waals surface area contributed by atoms with Crippen molar-refractivity contribution in [3.8, 4) is 11.1 Å². The number of carbonyl (C=O) groups is 1. The average molecular weight is 448 g/mol. The molecule has 1 N–H and O–H groups in total. The van der Waals surface area contributed by atoms with E-state index >= 15 is 0 Å². The highest BCUT2D eigenvalue weighted by molar-refractivity contribution is 5.79. The van der Waals surface area contributed by atoms with Crippen LogP contribution in [0.5, 0.6) is 0 Å². The number of aromatic nitrogens is 2. The number of carbonyl (C=O) groups excluding carboxylic acids is 1. The molecule has 172 valence electrons. The number of nitrogens with one attached hydrogen (secondary N) is 1. The Morgan fingerprint density at radius 2 is 1.91 bits per heavy atom. The lowest BCUT2D eigenvalue weighted by atomic mass is 9.97. The van der Waals surface area contributed by atoms with Crippen molar-refractivity contribution in [1.82, 2.24) is 15.3 Å². The molecule has 1 unspecified atom stereocenters. The fourth-order valence-corrected chi connectivity index (χ4v) is 4.16. The fraction of sp³-hybridized carbons (Fsp3) is 0.346. The van der Waals surface area contributed by atoms with E-state index in [0.717, 1.165) is 43.5 Å². The lowest BCUT2D eigenvalue weighted by molar-refractivity contribution is -0.125. The molecule has 6 nitrogen and oxygen atoms in total. The summed E-state index contributed by atoms with van der Waals surface area (Å²) in [5, 5.41) is 3.10. The van der Waals surface area contributed by atoms with Gasteiger partial charge >= 0.3 is 0 Å². The zero-order valence-electron chi connectivity index (χ0n) is 19.0. The minimum absolute atomic E-state index is 0.0721. The molecule has 7 heteroatoms. The minimum atomic E-state index is -0.284. The topological polar surface area (TPSA) is 61.4 Å². The zero-order valence-corrected chi connectivity index (χ0v) is 19.0. The molecule has 2 aromatic carbocycles. The van der Waals surface area contributed by atoms with Crippen molar-refractivity contribution in [2.24, 2.45) is 5.92 Å². The number of halogens is 1. The fourth-order valence-electron chi connectivity index (χ4n) is 4.16. The van der Waals surface area contributed by atoms with E-state index in [-0.39, 0.29) is 17.6 Å². The summed E-state index contributed by atoms with van der Waals surface area (Å²) in [6.07, 6.45) is 6.10. The summed E-state index contributed by atoms with van der Waals surface area (Å²) in [7, 11) is 2.07. The van der Waals surface area contributed by atoms with E-state index in [4.69, 9.17) is 0 Å². The van der Waals surface area contributed by atoms with Crippen LogP contribution in [0.4, 0.5) is 16.0 Å². The number of nitrogens with zero attached hydrogens (tertiary/aromatic N) is 4. The Hall–Kier alpha value is -3.48. The second-order valence-electron chi connectivity index (χ2n) is 8.47. The summed E-state index contributed by atoms with van der Waals surface area (Å²) in [6.45, 7) is 2.97. The van der Waals surface area contributed by atoms with E-state index in [1.807, 2.05) is 24.3 Å². The van der Waals surface area contributed by atoms with Crippen molar-refractivity contribution >= 4 is 17.5 Å². The number of benzene rings is 2. The molecule has 2 heterocycles. The third kappa shape index (κ3) is 6.06. The number of amides is 1. The Balaban J connectivity index is 1.26. The van der Waals surface area contributed by atoms with Crippen LogP contribution in [0.25, 0.3) is 11.1 Å². The van der Waals surface area contributed by atoms with Gasteiger partial charge in [0.2, 0.25) is 11.9 Å². The first-order chi connectivity index (χ1) is 16.1. The molecule has 0 spiro atoms. The summed E-state index contributed by atoms with van der Waals surface area (Å²) in [6, 6.07) is 16.6. The summed E-state index contributed by atoms with van der Waals surface area (Å²) in [4.78, 5) is 26.0. The maximum atomic E-state index is 13.5. The highest BCUT2D eigenvalue weighted by Gasteiger charge is 2.27. The smallest absolute Gasteiger partial charge is 0.225 e. The van der Waals surface area contributed by atoms with Crippen molar-refractivity contribution in [3.05, 3.63) is 72.8 Å². The lowest BCUT2D eigenvalue weighted by Crippen LogP contribution is -2.44. The molecule has 1 aromatic heterocycles. The molecular weight excluding hydrogens is 417 g/mol. The highest BCUT2D eigenvalue weighted by atomic mass is 19.1. The first-order valence-corrected chi connectivity index (χ1v) is 11.5. The number of piperidine rings is 1. The van der Waals surface area contributed by atoms with Crippen LogP contribution < -0.4 is 15.1 Å². The molecule has 1 aliphatic rings. The Bertz CT molecular complexity index is 1040. The van der Waals surface area contributed by atoms with Gasteiger partial charge in [-0.1, -0.05) is 30.3 Å². The molecule has 3 aromatic rings. The highest BCUT2D eigenvalue weighted by Crippen LogP contribution is 2.23. The van der Waals surface area contributed by atoms with Crippen LogP contribution in [0, 0.1) is 11.7 Å². The van der Waals surface area contributed by atoms with Crippen molar-refractivity contribution in [1.29, 1.82) is 0 Å². The summed E-state index contributed by atoms with van der Waals surface area (Å²) < 4.78 is 13.5. The van der Waals surface area contributed by atoms with Crippen LogP contribution in [-0.4, -0.2) is 49.1 Å². The van der Waals surface area contributed by atoms with E-state index in [0.29, 0.717) is 19.0 Å². The predicted molar refractivity (Wildman–Crippen MR) is 130 cm³/mol. The second-order valence-corrected chi connectivity index (χ2v) is 8.47. The Kier molecular flexibility index (Phi) is 7.50. The van der Waals surface area contributed by atoms with Gasteiger partial charge in [-0.05, 0) is 49.1 Å². The number of para-hydroxylation sites is 1. The largest absolute Gasteiger partial charge is 0.375 e. The molecule has 1 fully saturated rings. The van der Waals surface area contributed by atoms with Gasteiger partial charge in [0, 0.05) is 56.9 Å². The van der Waals surface area contributed by atoms with Crippen molar-refractivity contribution < 1.29 is 9.18 Å². The first kappa shape index (κ1) is 22.7. The molecule has 0 radical (unpaired) electrons. The SMILES string of the molecule is CN(CCCNC(=O)C1CCCN(c2ncc(-c3cccc(F)c3)cn2)C1)c1ccccc1. The van der Waals surface area contributed by atoms with Crippen LogP contribution >= 0.6 is 0 Å². The van der Waals surface area contributed by atoms with Crippen molar-refractivity contribution in [3.63, 3.8) is 0 Å². The van der Waals surface area contributed by atoms with Gasteiger partial charge in [-0.3, -0.25) is 4.79 Å². The van der Waals surface area contributed by atoms with Gasteiger partial charge in [0.05, 0.1) is 5.92 Å². The van der Waals surface area contributed by atoms with E-state index < -0.39 is 0 Å². The second kappa shape index (κ2) is 10.9. The normalized spacial score (nSPS) is 15.8. The van der Waals surface area contributed by atoms with Crippen LogP contribution in [0.15, 0.2) is 67.0 Å². The van der Waals surface area contributed by atoms with Crippen LogP contribution in [0.3, 0.4) is 0 Å². The molecule has 1 aliphatic heterocycles. The maximum Gasteiger partial charge on any atom is 0.225 e. The summed E-state index contributed by atoms with van der Waals surface area (Å²) in [5.74, 6) is 0.348. The molecule has 4 rings (SSSR count). The first-order valence-electron chi connectivity index (χ1n) is 11.5. The molecule has 33 heavy (non-hydrogen) atoms. The number of anilines is 2. The van der Waals surface area contributed by atoms with E-state index in [2.05, 4.69) is 44.3 Å². The van der Waals surface area contributed by atoms with Gasteiger partial charge in [0.25, 0.3) is 0 Å². The van der Waals surface area contributed by atoms with Crippen LogP contribution in [0.2, 0.25) is 0 Å². The number of rotatable bonds is 8. The molecule has 1 saturated heterocycles. The van der Waals surface area contributed by atoms with Gasteiger partial charge < -0.3 is 15.1 Å². The van der Waals surface area contributed by atoms with Gasteiger partial charge in [0.15, 0.2) is 0 Å². The standard InChI is InChI=1S/C26H30FN5O/c1-31(24-11-3-2-4-12-24)14-7-13-28-25(33)21-9-6-15-32(19-21)26-29-17-22(18-30-26)20-8-5-10-23(27)16-20/h2-5,8,10-12,16-18,21H,6-7,9,13-15,19H2,1H3,(H,28,33). The third-order valence-corrected chi connectivity index (χ3v) is 6.04. The van der Waals surface area contributed by atoms with E-state index in [1.165, 1.54) is 17.8 Å². The van der Waals surface area contributed by atoms with Crippen molar-refractivity contribution in [2.45, 2.75) is 19.3 Å². The van der Waals surface area contributed by atoms with Gasteiger partial charge in [-0.2, -0.15) is 0 Å². The maximum absolute atomic E-state index is 13.5. The molecule has 0 aliphatic carbocycles. The predicted octanol–water partition coefficient (Wildman–Crippen LogP) is 4.14. The molecule has 0 saturated carbocycles. The molecule has 0 bridgehead atoms. The van der Waals surface area contributed by atoms with E-state index in [9.17, 15) is 9.18 Å². The van der Waals surface area contributed by atoms with Gasteiger partial charge in [0.1, 0.15) is 5.82 Å². The monoisotopic (exact) mass is 447 g/mol. The number of hydrogen-bond donors (Lipinski definition) is 1. The summed E-state index contributed by atoms with van der Waals surface area (Å²) in [5.41, 5.74) is 2.69. The molecule has 1 atom stereocenters. The van der Waals surface area contributed by atoms with Crippen molar-refractivity contribution in [2.75, 3.05) is 43.0 Å².